The third-order valence-electron chi connectivity index (χ3n) is 5.02. The van der Waals surface area contributed by atoms with Gasteiger partial charge in [0.05, 0.1) is 5.52 Å². The van der Waals surface area contributed by atoms with Crippen LogP contribution in [0.4, 0.5) is 0 Å². The van der Waals surface area contributed by atoms with E-state index < -0.39 is 0 Å². The summed E-state index contributed by atoms with van der Waals surface area (Å²) < 4.78 is 5.45. The molecule has 2 aliphatic rings. The third-order valence-corrected chi connectivity index (χ3v) is 5.02. The summed E-state index contributed by atoms with van der Waals surface area (Å²) in [5, 5.41) is 7.34. The van der Waals surface area contributed by atoms with Crippen molar-refractivity contribution in [1.82, 2.24) is 15.1 Å². The van der Waals surface area contributed by atoms with Gasteiger partial charge in [0.2, 0.25) is 5.43 Å². The Balaban J connectivity index is 1.57. The molecule has 6 heteroatoms. The highest BCUT2D eigenvalue weighted by molar-refractivity contribution is 5.95. The molecule has 1 aromatic heterocycles. The van der Waals surface area contributed by atoms with Crippen molar-refractivity contribution in [2.45, 2.75) is 12.8 Å². The van der Waals surface area contributed by atoms with Crippen molar-refractivity contribution in [3.63, 3.8) is 0 Å². The predicted molar refractivity (Wildman–Crippen MR) is 85.3 cm³/mol. The fourth-order valence-electron chi connectivity index (χ4n) is 3.65. The number of nitrogens with one attached hydrogen (secondary N) is 1. The maximum absolute atomic E-state index is 12.7. The monoisotopic (exact) mass is 313 g/mol. The van der Waals surface area contributed by atoms with Gasteiger partial charge in [-0.05, 0) is 36.8 Å². The molecule has 0 radical (unpaired) electrons. The van der Waals surface area contributed by atoms with Crippen LogP contribution in [0, 0.1) is 11.8 Å². The second-order valence-electron chi connectivity index (χ2n) is 6.37. The van der Waals surface area contributed by atoms with Crippen LogP contribution in [0.25, 0.3) is 10.9 Å². The van der Waals surface area contributed by atoms with Gasteiger partial charge in [0.15, 0.2) is 5.69 Å². The highest BCUT2D eigenvalue weighted by Gasteiger charge is 2.35. The van der Waals surface area contributed by atoms with Gasteiger partial charge in [0, 0.05) is 31.7 Å². The van der Waals surface area contributed by atoms with Gasteiger partial charge in [-0.3, -0.25) is 14.7 Å². The number of amides is 1. The first-order chi connectivity index (χ1) is 11.2. The molecule has 0 saturated carbocycles. The fraction of sp³-hybridized carbons (Fsp3) is 0.471. The van der Waals surface area contributed by atoms with Crippen LogP contribution in [0.2, 0.25) is 0 Å². The van der Waals surface area contributed by atoms with E-state index in [1.165, 1.54) is 0 Å². The molecule has 2 unspecified atom stereocenters. The molecule has 4 rings (SSSR count). The molecular weight excluding hydrogens is 294 g/mol. The van der Waals surface area contributed by atoms with Crippen LogP contribution < -0.4 is 5.43 Å². The smallest absolute Gasteiger partial charge is 0.278 e. The summed E-state index contributed by atoms with van der Waals surface area (Å²) in [6.45, 7) is 3.00. The maximum Gasteiger partial charge on any atom is 0.278 e. The largest absolute Gasteiger partial charge is 0.381 e. The lowest BCUT2D eigenvalue weighted by molar-refractivity contribution is 0.0772. The van der Waals surface area contributed by atoms with Crippen LogP contribution in [-0.4, -0.2) is 47.3 Å². The number of para-hydroxylation sites is 1. The summed E-state index contributed by atoms with van der Waals surface area (Å²) >= 11 is 0. The number of H-pyrrole nitrogens is 1. The van der Waals surface area contributed by atoms with Crippen LogP contribution >= 0.6 is 0 Å². The van der Waals surface area contributed by atoms with E-state index in [1.54, 1.807) is 23.1 Å². The van der Waals surface area contributed by atoms with Crippen molar-refractivity contribution >= 4 is 16.8 Å². The predicted octanol–water partition coefficient (Wildman–Crippen LogP) is 1.42. The molecule has 1 amide bonds. The number of carbonyl (C=O) groups excluding carboxylic acids is 1. The van der Waals surface area contributed by atoms with Crippen molar-refractivity contribution in [1.29, 1.82) is 0 Å². The molecule has 3 heterocycles. The Hall–Kier alpha value is -2.21. The van der Waals surface area contributed by atoms with E-state index in [-0.39, 0.29) is 17.0 Å². The number of likely N-dealkylation sites (tertiary alicyclic amines) is 1. The number of carbonyl (C=O) groups is 1. The summed E-state index contributed by atoms with van der Waals surface area (Å²) in [7, 11) is 0. The first-order valence-corrected chi connectivity index (χ1v) is 8.08. The van der Waals surface area contributed by atoms with E-state index >= 15 is 0 Å². The highest BCUT2D eigenvalue weighted by atomic mass is 16.5. The summed E-state index contributed by atoms with van der Waals surface area (Å²) in [6, 6.07) is 7.12. The number of aromatic nitrogens is 2. The zero-order chi connectivity index (χ0) is 15.8. The number of hydrogen-bond donors (Lipinski definition) is 1. The van der Waals surface area contributed by atoms with E-state index in [0.717, 1.165) is 26.1 Å². The lowest BCUT2D eigenvalue weighted by atomic mass is 9.91. The first kappa shape index (κ1) is 14.4. The van der Waals surface area contributed by atoms with Gasteiger partial charge in [0.25, 0.3) is 5.91 Å². The van der Waals surface area contributed by atoms with Gasteiger partial charge in [-0.2, -0.15) is 5.10 Å². The summed E-state index contributed by atoms with van der Waals surface area (Å²) in [5.74, 6) is 0.745. The van der Waals surface area contributed by atoms with E-state index in [9.17, 15) is 9.59 Å². The molecule has 6 nitrogen and oxygen atoms in total. The normalized spacial score (nSPS) is 24.4. The molecule has 2 fully saturated rings. The quantitative estimate of drug-likeness (QED) is 0.910. The number of aromatic amines is 1. The van der Waals surface area contributed by atoms with Crippen molar-refractivity contribution in [3.8, 4) is 0 Å². The minimum absolute atomic E-state index is 0.00739. The average molecular weight is 313 g/mol. The highest BCUT2D eigenvalue weighted by Crippen LogP contribution is 2.30. The maximum atomic E-state index is 12.7. The molecule has 0 spiro atoms. The fourth-order valence-corrected chi connectivity index (χ4v) is 3.65. The van der Waals surface area contributed by atoms with Crippen LogP contribution in [0.1, 0.15) is 23.3 Å². The molecule has 1 aromatic carbocycles. The second-order valence-corrected chi connectivity index (χ2v) is 6.37. The van der Waals surface area contributed by atoms with Gasteiger partial charge in [-0.15, -0.1) is 0 Å². The van der Waals surface area contributed by atoms with Crippen LogP contribution in [-0.2, 0) is 4.74 Å². The van der Waals surface area contributed by atoms with Crippen molar-refractivity contribution in [2.24, 2.45) is 11.8 Å². The molecule has 0 aliphatic carbocycles. The Morgan fingerprint density at radius 1 is 1.26 bits per heavy atom. The Labute approximate surface area is 133 Å². The lowest BCUT2D eigenvalue weighted by Crippen LogP contribution is -2.34. The topological polar surface area (TPSA) is 75.3 Å². The van der Waals surface area contributed by atoms with Gasteiger partial charge >= 0.3 is 0 Å². The minimum atomic E-state index is -0.294. The van der Waals surface area contributed by atoms with Gasteiger partial charge in [0.1, 0.15) is 0 Å². The Morgan fingerprint density at radius 2 is 2.13 bits per heavy atom. The number of hydrogen-bond acceptors (Lipinski definition) is 4. The first-order valence-electron chi connectivity index (χ1n) is 8.08. The minimum Gasteiger partial charge on any atom is -0.381 e. The number of nitrogens with zero attached hydrogens (tertiary/aromatic N) is 2. The van der Waals surface area contributed by atoms with E-state index in [1.807, 2.05) is 6.07 Å². The van der Waals surface area contributed by atoms with Crippen molar-refractivity contribution < 1.29 is 9.53 Å². The Morgan fingerprint density at radius 3 is 2.96 bits per heavy atom. The van der Waals surface area contributed by atoms with E-state index in [0.29, 0.717) is 35.8 Å². The van der Waals surface area contributed by atoms with Gasteiger partial charge < -0.3 is 9.64 Å². The van der Waals surface area contributed by atoms with Gasteiger partial charge in [-0.1, -0.05) is 12.1 Å². The number of rotatable bonds is 2. The van der Waals surface area contributed by atoms with Gasteiger partial charge in [-0.25, -0.2) is 0 Å². The number of benzene rings is 1. The van der Waals surface area contributed by atoms with Crippen LogP contribution in [0.3, 0.4) is 0 Å². The average Bonchev–Trinajstić information content (AvgIpc) is 3.26. The second kappa shape index (κ2) is 5.77. The Kier molecular flexibility index (Phi) is 3.61. The summed E-state index contributed by atoms with van der Waals surface area (Å²) in [5.41, 5.74) is 0.348. The third kappa shape index (κ3) is 2.53. The molecule has 23 heavy (non-hydrogen) atoms. The molecule has 2 atom stereocenters. The van der Waals surface area contributed by atoms with E-state index in [4.69, 9.17) is 4.74 Å². The summed E-state index contributed by atoms with van der Waals surface area (Å²) in [6.07, 6.45) is 2.05. The number of fused-ring (bicyclic) bond motifs is 1. The number of ether oxygens (including phenoxy) is 1. The standard InChI is InChI=1S/C17H19N3O3/c21-16-13-3-1-2-4-14(13)18-19-15(16)17(22)20-7-5-11(9-20)12-6-8-23-10-12/h1-4,11-12H,5-10H2,(H,18,21). The molecule has 2 aliphatic heterocycles. The molecule has 2 aromatic rings. The van der Waals surface area contributed by atoms with Crippen LogP contribution in [0.15, 0.2) is 29.1 Å². The van der Waals surface area contributed by atoms with Crippen molar-refractivity contribution in [3.05, 3.63) is 40.2 Å². The molecule has 2 saturated heterocycles. The SMILES string of the molecule is O=C(c1n[nH]c2ccccc2c1=O)N1CCC(C2CCOC2)C1. The van der Waals surface area contributed by atoms with Crippen molar-refractivity contribution in [2.75, 3.05) is 26.3 Å². The molecular formula is C17H19N3O3. The Bertz CT molecular complexity index is 795. The van der Waals surface area contributed by atoms with E-state index in [2.05, 4.69) is 10.2 Å². The summed E-state index contributed by atoms with van der Waals surface area (Å²) in [4.78, 5) is 27.0. The molecule has 0 bridgehead atoms. The zero-order valence-electron chi connectivity index (χ0n) is 12.8. The molecule has 1 N–H and O–H groups in total. The lowest BCUT2D eigenvalue weighted by Gasteiger charge is -2.18. The van der Waals surface area contributed by atoms with Crippen LogP contribution in [0.5, 0.6) is 0 Å². The molecule has 120 valence electrons. The zero-order valence-corrected chi connectivity index (χ0v) is 12.8.